The number of hydrogen-bond donors (Lipinski definition) is 0. The number of fused-ring (bicyclic) bond motifs is 2. The molecule has 42 heavy (non-hydrogen) atoms. The summed E-state index contributed by atoms with van der Waals surface area (Å²) >= 11 is 3.71. The van der Waals surface area contributed by atoms with E-state index in [-0.39, 0.29) is 10.8 Å². The van der Waals surface area contributed by atoms with E-state index < -0.39 is 0 Å². The number of rotatable bonds is 5. The van der Waals surface area contributed by atoms with Crippen molar-refractivity contribution in [1.82, 2.24) is 0 Å². The van der Waals surface area contributed by atoms with Gasteiger partial charge < -0.3 is 0 Å². The van der Waals surface area contributed by atoms with Crippen LogP contribution in [0.2, 0.25) is 0 Å². The topological polar surface area (TPSA) is 0 Å². The van der Waals surface area contributed by atoms with Crippen LogP contribution in [0.5, 0.6) is 0 Å². The molecule has 0 saturated heterocycles. The molecule has 210 valence electrons. The fourth-order valence-electron chi connectivity index (χ4n) is 5.48. The standard InChI is InChI=1S/C40H38S2/c1-39(2,3)27-17-21-31-33(23-19-27)37(41-29-13-9-7-10-14-29)25-35(31)36-26-38(42-30-15-11-8-12-16-30)34-24-20-28(40(4,5)6)18-22-32(34)36/h7-26H,1-6H3. The van der Waals surface area contributed by atoms with E-state index in [9.17, 15) is 0 Å². The van der Waals surface area contributed by atoms with Gasteiger partial charge in [0, 0.05) is 19.6 Å². The third-order valence-corrected chi connectivity index (χ3v) is 10.1. The van der Waals surface area contributed by atoms with E-state index in [0.717, 1.165) is 0 Å². The molecule has 0 unspecified atom stereocenters. The highest BCUT2D eigenvalue weighted by molar-refractivity contribution is 7.99. The lowest BCUT2D eigenvalue weighted by Gasteiger charge is -2.17. The van der Waals surface area contributed by atoms with Gasteiger partial charge in [-0.1, -0.05) is 150 Å². The van der Waals surface area contributed by atoms with Crippen molar-refractivity contribution in [2.75, 3.05) is 0 Å². The van der Waals surface area contributed by atoms with Crippen LogP contribution in [0.1, 0.15) is 52.7 Å². The molecule has 2 aromatic carbocycles. The minimum atomic E-state index is 0.0764. The van der Waals surface area contributed by atoms with Crippen molar-refractivity contribution in [2.45, 2.75) is 72.0 Å². The van der Waals surface area contributed by atoms with Crippen LogP contribution in [0.15, 0.2) is 141 Å². The molecule has 0 nitrogen and oxygen atoms in total. The van der Waals surface area contributed by atoms with Crippen LogP contribution in [-0.4, -0.2) is 0 Å². The Hall–Kier alpha value is -3.46. The maximum atomic E-state index is 2.42. The Morgan fingerprint density at radius 2 is 0.690 bits per heavy atom. The largest absolute Gasteiger partial charge is 0.0894 e. The van der Waals surface area contributed by atoms with Crippen molar-refractivity contribution in [1.29, 1.82) is 0 Å². The molecule has 0 radical (unpaired) electrons. The Morgan fingerprint density at radius 1 is 0.357 bits per heavy atom. The van der Waals surface area contributed by atoms with Gasteiger partial charge in [0.2, 0.25) is 0 Å². The highest BCUT2D eigenvalue weighted by Crippen LogP contribution is 2.51. The third-order valence-electron chi connectivity index (χ3n) is 7.92. The van der Waals surface area contributed by atoms with E-state index in [1.165, 1.54) is 64.1 Å². The van der Waals surface area contributed by atoms with Gasteiger partial charge in [0.05, 0.1) is 0 Å². The second-order valence-corrected chi connectivity index (χ2v) is 15.3. The summed E-state index contributed by atoms with van der Waals surface area (Å²) in [6, 6.07) is 45.0. The fraction of sp³-hybridized carbons (Fsp3) is 0.200. The van der Waals surface area contributed by atoms with Crippen LogP contribution in [0.4, 0.5) is 0 Å². The van der Waals surface area contributed by atoms with Crippen molar-refractivity contribution in [2.24, 2.45) is 0 Å². The van der Waals surface area contributed by atoms with Crippen LogP contribution >= 0.6 is 23.5 Å². The summed E-state index contributed by atoms with van der Waals surface area (Å²) in [5, 5.41) is 0. The van der Waals surface area contributed by atoms with Gasteiger partial charge in [-0.3, -0.25) is 0 Å². The summed E-state index contributed by atoms with van der Waals surface area (Å²) in [6.45, 7) is 13.7. The predicted octanol–water partition coefficient (Wildman–Crippen LogP) is 12.5. The van der Waals surface area contributed by atoms with Gasteiger partial charge in [-0.25, -0.2) is 0 Å². The molecule has 0 aliphatic heterocycles. The molecule has 0 fully saturated rings. The van der Waals surface area contributed by atoms with Crippen molar-refractivity contribution in [3.05, 3.63) is 132 Å². The fourth-order valence-corrected chi connectivity index (χ4v) is 7.50. The summed E-state index contributed by atoms with van der Waals surface area (Å²) in [7, 11) is 0. The average Bonchev–Trinajstić information content (AvgIpc) is 3.22. The Labute approximate surface area is 260 Å². The molecule has 0 amide bonds. The van der Waals surface area contributed by atoms with Gasteiger partial charge in [0.25, 0.3) is 0 Å². The molecular weight excluding hydrogens is 545 g/mol. The smallest absolute Gasteiger partial charge is 0.0207 e. The van der Waals surface area contributed by atoms with Gasteiger partial charge in [0.1, 0.15) is 0 Å². The monoisotopic (exact) mass is 582 g/mol. The number of hydrogen-bond acceptors (Lipinski definition) is 2. The maximum absolute atomic E-state index is 2.42. The van der Waals surface area contributed by atoms with Gasteiger partial charge in [0.15, 0.2) is 0 Å². The molecule has 2 aromatic rings. The third kappa shape index (κ3) is 5.89. The summed E-state index contributed by atoms with van der Waals surface area (Å²) in [6.07, 6.45) is 0. The molecule has 0 bridgehead atoms. The lowest BCUT2D eigenvalue weighted by Crippen LogP contribution is -2.09. The van der Waals surface area contributed by atoms with E-state index in [4.69, 9.17) is 0 Å². The molecule has 4 aliphatic rings. The van der Waals surface area contributed by atoms with Crippen molar-refractivity contribution >= 4 is 23.5 Å². The zero-order valence-electron chi connectivity index (χ0n) is 25.4. The molecule has 0 aromatic heterocycles. The van der Waals surface area contributed by atoms with Crippen LogP contribution in [0.3, 0.4) is 0 Å². The molecule has 6 rings (SSSR count). The normalized spacial score (nSPS) is 12.2. The number of benzene rings is 2. The zero-order valence-corrected chi connectivity index (χ0v) is 27.0. The minimum Gasteiger partial charge on any atom is -0.0894 e. The zero-order chi connectivity index (χ0) is 29.5. The first-order valence-electron chi connectivity index (χ1n) is 14.7. The second kappa shape index (κ2) is 11.3. The molecular formula is C40H38S2. The quantitative estimate of drug-likeness (QED) is 0.198. The van der Waals surface area contributed by atoms with Gasteiger partial charge >= 0.3 is 0 Å². The molecule has 0 spiro atoms. The van der Waals surface area contributed by atoms with Gasteiger partial charge in [-0.2, -0.15) is 0 Å². The van der Waals surface area contributed by atoms with Gasteiger partial charge in [-0.05, 0) is 91.7 Å². The molecule has 0 saturated carbocycles. The Bertz CT molecular complexity index is 1640. The van der Waals surface area contributed by atoms with E-state index in [1.54, 1.807) is 0 Å². The van der Waals surface area contributed by atoms with Crippen molar-refractivity contribution < 1.29 is 0 Å². The average molecular weight is 583 g/mol. The Kier molecular flexibility index (Phi) is 7.72. The Morgan fingerprint density at radius 3 is 1.02 bits per heavy atom. The maximum Gasteiger partial charge on any atom is 0.0207 e. The molecule has 4 aliphatic carbocycles. The van der Waals surface area contributed by atoms with Crippen molar-refractivity contribution in [3.63, 3.8) is 0 Å². The van der Waals surface area contributed by atoms with E-state index >= 15 is 0 Å². The summed E-state index contributed by atoms with van der Waals surface area (Å²) in [4.78, 5) is 5.11. The first-order valence-corrected chi connectivity index (χ1v) is 16.3. The highest BCUT2D eigenvalue weighted by atomic mass is 32.2. The van der Waals surface area contributed by atoms with Crippen LogP contribution in [0.25, 0.3) is 33.4 Å². The lowest BCUT2D eigenvalue weighted by molar-refractivity contribution is 0.590. The summed E-state index contributed by atoms with van der Waals surface area (Å²) < 4.78 is 0. The molecule has 0 heterocycles. The van der Waals surface area contributed by atoms with E-state index in [1.807, 2.05) is 23.5 Å². The highest BCUT2D eigenvalue weighted by Gasteiger charge is 2.25. The Balaban J connectivity index is 1.59. The van der Waals surface area contributed by atoms with Crippen LogP contribution in [0, 0.1) is 0 Å². The predicted molar refractivity (Wildman–Crippen MR) is 184 cm³/mol. The summed E-state index contributed by atoms with van der Waals surface area (Å²) in [5.41, 5.74) is 10.6. The second-order valence-electron chi connectivity index (χ2n) is 13.1. The first-order chi connectivity index (χ1) is 20.1. The van der Waals surface area contributed by atoms with Gasteiger partial charge in [-0.15, -0.1) is 0 Å². The molecule has 0 N–H and O–H groups in total. The minimum absolute atomic E-state index is 0.0764. The summed E-state index contributed by atoms with van der Waals surface area (Å²) in [5.74, 6) is 0. The molecule has 0 atom stereocenters. The van der Waals surface area contributed by atoms with E-state index in [0.29, 0.717) is 0 Å². The van der Waals surface area contributed by atoms with Crippen LogP contribution in [-0.2, 0) is 10.8 Å². The van der Waals surface area contributed by atoms with E-state index in [2.05, 4.69) is 163 Å². The van der Waals surface area contributed by atoms with Crippen molar-refractivity contribution in [3.8, 4) is 33.4 Å². The SMILES string of the molecule is CC(C)(C)c1ccc2c(Sc3ccccc3)cc(-c3cc(Sc4ccccc4)c4ccc(C(C)(C)C)ccc3-4)c-2cc1. The first kappa shape index (κ1) is 28.6. The van der Waals surface area contributed by atoms with Crippen LogP contribution < -0.4 is 0 Å². The molecule has 2 heteroatoms. The lowest BCUT2D eigenvalue weighted by atomic mass is 9.88.